The van der Waals surface area contributed by atoms with E-state index in [9.17, 15) is 15.0 Å². The van der Waals surface area contributed by atoms with Crippen LogP contribution in [0.25, 0.3) is 0 Å². The highest BCUT2D eigenvalue weighted by molar-refractivity contribution is 5.68. The smallest absolute Gasteiger partial charge is 0.305 e. The maximum Gasteiger partial charge on any atom is 0.305 e. The van der Waals surface area contributed by atoms with Crippen LogP contribution in [-0.4, -0.2) is 35.0 Å². The monoisotopic (exact) mass is 378 g/mol. The Kier molecular flexibility index (Phi) is 8.56. The summed E-state index contributed by atoms with van der Waals surface area (Å²) in [5.74, 6) is 1.04. The highest BCUT2D eigenvalue weighted by atomic mass is 16.5. The molecule has 0 spiro atoms. The van der Waals surface area contributed by atoms with Crippen LogP contribution >= 0.6 is 0 Å². The first-order valence-corrected chi connectivity index (χ1v) is 10.7. The molecule has 154 valence electrons. The van der Waals surface area contributed by atoms with Crippen molar-refractivity contribution in [3.05, 3.63) is 23.8 Å². The Morgan fingerprint density at radius 2 is 2.15 bits per heavy atom. The number of allylic oxidation sites excluding steroid dienone is 2. The molecule has 2 rings (SSSR count). The van der Waals surface area contributed by atoms with Crippen LogP contribution in [-0.2, 0) is 9.53 Å². The Hall–Kier alpha value is -1.13. The lowest BCUT2D eigenvalue weighted by Gasteiger charge is -2.22. The number of hydrogen-bond acceptors (Lipinski definition) is 4. The van der Waals surface area contributed by atoms with E-state index in [0.29, 0.717) is 24.7 Å². The van der Waals surface area contributed by atoms with Gasteiger partial charge in [0.25, 0.3) is 0 Å². The number of aliphatic hydroxyl groups excluding tert-OH is 1. The minimum atomic E-state index is -0.645. The summed E-state index contributed by atoms with van der Waals surface area (Å²) in [5.41, 5.74) is 0.837. The van der Waals surface area contributed by atoms with Gasteiger partial charge in [0.2, 0.25) is 0 Å². The molecule has 4 heteroatoms. The number of methoxy groups -OCH3 is 1. The summed E-state index contributed by atoms with van der Waals surface area (Å²) in [7, 11) is 1.44. The number of carbonyl (C=O) groups is 1. The second-order valence-electron chi connectivity index (χ2n) is 8.75. The summed E-state index contributed by atoms with van der Waals surface area (Å²) in [5, 5.41) is 20.9. The van der Waals surface area contributed by atoms with Gasteiger partial charge >= 0.3 is 5.97 Å². The second kappa shape index (κ2) is 10.4. The minimum absolute atomic E-state index is 0.129. The van der Waals surface area contributed by atoms with Crippen LogP contribution in [0.15, 0.2) is 23.8 Å². The zero-order chi connectivity index (χ0) is 19.9. The van der Waals surface area contributed by atoms with Gasteiger partial charge in [-0.2, -0.15) is 0 Å². The Labute approximate surface area is 164 Å². The molecule has 0 aromatic carbocycles. The van der Waals surface area contributed by atoms with E-state index >= 15 is 0 Å². The van der Waals surface area contributed by atoms with E-state index in [1.807, 2.05) is 6.92 Å². The molecule has 0 aromatic rings. The number of esters is 1. The molecule has 1 fully saturated rings. The van der Waals surface area contributed by atoms with Gasteiger partial charge in [-0.05, 0) is 63.7 Å². The summed E-state index contributed by atoms with van der Waals surface area (Å²) in [6.45, 7) is 4.05. The molecule has 1 saturated carbocycles. The molecule has 0 unspecified atom stereocenters. The number of hydrogen-bond donors (Lipinski definition) is 2. The molecule has 0 heterocycles. The number of unbranched alkanes of at least 4 members (excludes halogenated alkanes) is 2. The van der Waals surface area contributed by atoms with Crippen molar-refractivity contribution in [2.24, 2.45) is 17.8 Å². The van der Waals surface area contributed by atoms with Gasteiger partial charge in [0, 0.05) is 12.3 Å². The van der Waals surface area contributed by atoms with Crippen LogP contribution < -0.4 is 0 Å². The van der Waals surface area contributed by atoms with Gasteiger partial charge < -0.3 is 14.9 Å². The molecule has 2 N–H and O–H groups in total. The fourth-order valence-electron chi connectivity index (χ4n) is 4.65. The number of fused-ring (bicyclic) bond motifs is 1. The summed E-state index contributed by atoms with van der Waals surface area (Å²) in [4.78, 5) is 11.2. The van der Waals surface area contributed by atoms with Gasteiger partial charge in [0.1, 0.15) is 0 Å². The van der Waals surface area contributed by atoms with E-state index < -0.39 is 5.60 Å². The van der Waals surface area contributed by atoms with E-state index in [2.05, 4.69) is 29.9 Å². The van der Waals surface area contributed by atoms with Crippen LogP contribution in [0.2, 0.25) is 0 Å². The van der Waals surface area contributed by atoms with E-state index in [1.54, 1.807) is 0 Å². The fourth-order valence-corrected chi connectivity index (χ4v) is 4.65. The topological polar surface area (TPSA) is 66.8 Å². The zero-order valence-electron chi connectivity index (χ0n) is 17.3. The van der Waals surface area contributed by atoms with Gasteiger partial charge in [-0.25, -0.2) is 0 Å². The van der Waals surface area contributed by atoms with Crippen molar-refractivity contribution < 1.29 is 19.7 Å². The van der Waals surface area contributed by atoms with E-state index in [1.165, 1.54) is 12.7 Å². The third-order valence-corrected chi connectivity index (χ3v) is 6.29. The average molecular weight is 379 g/mol. The van der Waals surface area contributed by atoms with Gasteiger partial charge in [0.05, 0.1) is 18.8 Å². The van der Waals surface area contributed by atoms with Crippen LogP contribution in [0.5, 0.6) is 0 Å². The van der Waals surface area contributed by atoms with Crippen molar-refractivity contribution >= 4 is 5.97 Å². The molecule has 0 aliphatic heterocycles. The molecular formula is C23H38O4. The van der Waals surface area contributed by atoms with Crippen molar-refractivity contribution in [3.8, 4) is 0 Å². The Morgan fingerprint density at radius 3 is 2.85 bits per heavy atom. The number of aliphatic hydroxyl groups is 2. The van der Waals surface area contributed by atoms with Crippen LogP contribution in [0.3, 0.4) is 0 Å². The third-order valence-electron chi connectivity index (χ3n) is 6.29. The normalized spacial score (nSPS) is 29.6. The highest BCUT2D eigenvalue weighted by Gasteiger charge is 2.43. The average Bonchev–Trinajstić information content (AvgIpc) is 3.14. The Balaban J connectivity index is 1.79. The molecule has 0 saturated heterocycles. The number of ether oxygens (including phenoxy) is 1. The first-order chi connectivity index (χ1) is 12.9. The molecule has 27 heavy (non-hydrogen) atoms. The molecule has 0 aromatic heterocycles. The van der Waals surface area contributed by atoms with Crippen LogP contribution in [0, 0.1) is 17.8 Å². The predicted molar refractivity (Wildman–Crippen MR) is 108 cm³/mol. The van der Waals surface area contributed by atoms with E-state index in [0.717, 1.165) is 51.4 Å². The third kappa shape index (κ3) is 6.76. The Bertz CT molecular complexity index is 534. The summed E-state index contributed by atoms with van der Waals surface area (Å²) in [6.07, 6.45) is 15.3. The Morgan fingerprint density at radius 1 is 1.37 bits per heavy atom. The van der Waals surface area contributed by atoms with Crippen molar-refractivity contribution in [1.29, 1.82) is 0 Å². The maximum atomic E-state index is 11.2. The first kappa shape index (κ1) is 22.2. The van der Waals surface area contributed by atoms with E-state index in [-0.39, 0.29) is 18.0 Å². The second-order valence-corrected chi connectivity index (χ2v) is 8.75. The number of rotatable bonds is 11. The quantitative estimate of drug-likeness (QED) is 0.314. The predicted octanol–water partition coefficient (Wildman–Crippen LogP) is 4.55. The standard InChI is InChI=1S/C23H38O4/c1-4-5-12-23(2,26)13-8-10-19-20-15-17(14-18(20)16-21(19)24)9-6-7-11-22(25)27-3/h8,10,14,18-21,24,26H,4-7,9,11-13,15-16H2,1-3H3/b10-8+/t18-,19+,20-,21+,23-/m0/s1. The molecule has 5 atom stereocenters. The summed E-state index contributed by atoms with van der Waals surface area (Å²) < 4.78 is 4.68. The van der Waals surface area contributed by atoms with Crippen molar-refractivity contribution in [3.63, 3.8) is 0 Å². The lowest BCUT2D eigenvalue weighted by Crippen LogP contribution is -2.23. The van der Waals surface area contributed by atoms with Crippen LogP contribution in [0.4, 0.5) is 0 Å². The summed E-state index contributed by atoms with van der Waals surface area (Å²) in [6, 6.07) is 0. The van der Waals surface area contributed by atoms with Gasteiger partial charge in [-0.1, -0.05) is 43.6 Å². The first-order valence-electron chi connectivity index (χ1n) is 10.7. The lowest BCUT2D eigenvalue weighted by molar-refractivity contribution is -0.140. The molecule has 0 bridgehead atoms. The number of carbonyl (C=O) groups excluding carboxylic acids is 1. The molecule has 4 nitrogen and oxygen atoms in total. The minimum Gasteiger partial charge on any atom is -0.469 e. The molecule has 0 radical (unpaired) electrons. The van der Waals surface area contributed by atoms with Crippen molar-refractivity contribution in [1.82, 2.24) is 0 Å². The van der Waals surface area contributed by atoms with Crippen LogP contribution in [0.1, 0.15) is 78.1 Å². The van der Waals surface area contributed by atoms with Crippen molar-refractivity contribution in [2.45, 2.75) is 89.8 Å². The maximum absolute atomic E-state index is 11.2. The zero-order valence-corrected chi connectivity index (χ0v) is 17.3. The van der Waals surface area contributed by atoms with Gasteiger partial charge in [-0.15, -0.1) is 0 Å². The van der Waals surface area contributed by atoms with Crippen molar-refractivity contribution in [2.75, 3.05) is 7.11 Å². The molecule has 2 aliphatic rings. The van der Waals surface area contributed by atoms with Gasteiger partial charge in [-0.3, -0.25) is 4.79 Å². The fraction of sp³-hybridized carbons (Fsp3) is 0.783. The van der Waals surface area contributed by atoms with E-state index in [4.69, 9.17) is 0 Å². The molecule has 0 amide bonds. The molecular weight excluding hydrogens is 340 g/mol. The summed E-state index contributed by atoms with van der Waals surface area (Å²) >= 11 is 0. The lowest BCUT2D eigenvalue weighted by atomic mass is 9.87. The largest absolute Gasteiger partial charge is 0.469 e. The molecule has 2 aliphatic carbocycles. The van der Waals surface area contributed by atoms with Gasteiger partial charge in [0.15, 0.2) is 0 Å². The SMILES string of the molecule is CCCC[C@](C)(O)C/C=C/[C@@H]1[C@H]2CC(CCCCC(=O)OC)=C[C@H]2C[C@H]1O. The highest BCUT2D eigenvalue weighted by Crippen LogP contribution is 2.48.